The highest BCUT2D eigenvalue weighted by atomic mass is 32.1. The summed E-state index contributed by atoms with van der Waals surface area (Å²) in [6, 6.07) is 11.5. The average Bonchev–Trinajstić information content (AvgIpc) is 3.13. The van der Waals surface area contributed by atoms with Crippen LogP contribution in [0.15, 0.2) is 52.2 Å². The highest BCUT2D eigenvalue weighted by molar-refractivity contribution is 7.22. The Morgan fingerprint density at radius 1 is 1.19 bits per heavy atom. The number of rotatable bonds is 6. The van der Waals surface area contributed by atoms with E-state index in [0.717, 1.165) is 21.8 Å². The van der Waals surface area contributed by atoms with E-state index in [4.69, 9.17) is 4.74 Å². The van der Waals surface area contributed by atoms with Crippen LogP contribution < -0.4 is 16.0 Å². The summed E-state index contributed by atoms with van der Waals surface area (Å²) in [6.45, 7) is 0.622. The molecule has 11 heteroatoms. The number of hydrogen-bond donors (Lipinski definition) is 2. The maximum atomic E-state index is 12.9. The molecule has 3 fully saturated rings. The Balaban J connectivity index is 1.27. The van der Waals surface area contributed by atoms with Gasteiger partial charge in [0.25, 0.3) is 5.56 Å². The first-order valence-electron chi connectivity index (χ1n) is 11.8. The summed E-state index contributed by atoms with van der Waals surface area (Å²) >= 11 is 0.993. The number of aromatic amines is 1. The zero-order chi connectivity index (χ0) is 26.1. The zero-order valence-electron chi connectivity index (χ0n) is 19.6. The molecule has 7 rings (SSSR count). The van der Waals surface area contributed by atoms with Crippen LogP contribution in [0.25, 0.3) is 20.7 Å². The van der Waals surface area contributed by atoms with Crippen LogP contribution in [0, 0.1) is 12.8 Å². The summed E-state index contributed by atoms with van der Waals surface area (Å²) in [5, 5.41) is 9.61. The van der Waals surface area contributed by atoms with Crippen LogP contribution in [0.4, 0.5) is 13.2 Å². The molecule has 3 saturated carbocycles. The number of aliphatic hydroxyl groups is 1. The van der Waals surface area contributed by atoms with Crippen LogP contribution in [0.5, 0.6) is 11.6 Å². The van der Waals surface area contributed by atoms with Crippen molar-refractivity contribution >= 4 is 21.6 Å². The van der Waals surface area contributed by atoms with Crippen molar-refractivity contribution in [3.63, 3.8) is 0 Å². The summed E-state index contributed by atoms with van der Waals surface area (Å²) < 4.78 is 45.4. The Morgan fingerprint density at radius 2 is 1.89 bits per heavy atom. The van der Waals surface area contributed by atoms with Crippen molar-refractivity contribution < 1.29 is 23.0 Å². The molecule has 3 aromatic heterocycles. The van der Waals surface area contributed by atoms with Crippen LogP contribution in [-0.4, -0.2) is 31.9 Å². The van der Waals surface area contributed by atoms with Gasteiger partial charge in [-0.15, -0.1) is 11.3 Å². The third kappa shape index (κ3) is 3.97. The minimum absolute atomic E-state index is 0.0497. The molecule has 0 spiro atoms. The number of thiophene rings is 1. The average molecular weight is 530 g/mol. The maximum Gasteiger partial charge on any atom is 0.416 e. The topological polar surface area (TPSA) is 97.2 Å². The summed E-state index contributed by atoms with van der Waals surface area (Å²) in [5.74, 6) is 1.93. The first-order valence-corrected chi connectivity index (χ1v) is 12.6. The highest BCUT2D eigenvalue weighted by Gasteiger charge is 2.57. The number of benzene rings is 1. The molecule has 3 aliphatic carbocycles. The van der Waals surface area contributed by atoms with Crippen LogP contribution in [0.2, 0.25) is 0 Å². The number of fused-ring (bicyclic) bond motifs is 1. The molecule has 0 radical (unpaired) electrons. The monoisotopic (exact) mass is 529 g/mol. The maximum absolute atomic E-state index is 12.9. The predicted molar refractivity (Wildman–Crippen MR) is 132 cm³/mol. The lowest BCUT2D eigenvalue weighted by atomic mass is 9.42. The van der Waals surface area contributed by atoms with Crippen molar-refractivity contribution in [1.29, 1.82) is 0 Å². The van der Waals surface area contributed by atoms with Gasteiger partial charge in [-0.25, -0.2) is 9.78 Å². The number of hydrogen-bond acceptors (Lipinski definition) is 6. The van der Waals surface area contributed by atoms with E-state index in [1.807, 2.05) is 17.1 Å². The van der Waals surface area contributed by atoms with Crippen molar-refractivity contribution in [2.24, 2.45) is 5.92 Å². The second-order valence-corrected chi connectivity index (χ2v) is 10.9. The Labute approximate surface area is 212 Å². The largest absolute Gasteiger partial charge is 0.439 e. The molecule has 37 heavy (non-hydrogen) atoms. The fourth-order valence-electron chi connectivity index (χ4n) is 5.40. The van der Waals surface area contributed by atoms with Crippen molar-refractivity contribution in [1.82, 2.24) is 14.5 Å². The predicted octanol–water partition coefficient (Wildman–Crippen LogP) is 4.89. The number of alkyl halides is 3. The SMILES string of the molecule is Cc1c(-c2ccc(Oc3ccc(C45CC(C4)C5)cc3)nc2)sc2c1c(=O)[nH]c(=O)n2C[C@@H](O)C(F)(F)F. The van der Waals surface area contributed by atoms with Gasteiger partial charge in [-0.3, -0.25) is 14.3 Å². The van der Waals surface area contributed by atoms with Gasteiger partial charge in [-0.1, -0.05) is 12.1 Å². The lowest BCUT2D eigenvalue weighted by Gasteiger charge is -2.62. The number of aromatic nitrogens is 3. The zero-order valence-corrected chi connectivity index (χ0v) is 20.4. The third-order valence-corrected chi connectivity index (χ3v) is 8.89. The molecule has 3 heterocycles. The van der Waals surface area contributed by atoms with Gasteiger partial charge in [0.05, 0.1) is 11.9 Å². The summed E-state index contributed by atoms with van der Waals surface area (Å²) in [6.07, 6.45) is -2.29. The molecule has 0 amide bonds. The Hall–Kier alpha value is -3.44. The second-order valence-electron chi connectivity index (χ2n) is 9.93. The van der Waals surface area contributed by atoms with Crippen molar-refractivity contribution in [3.05, 3.63) is 74.6 Å². The van der Waals surface area contributed by atoms with Crippen molar-refractivity contribution in [2.75, 3.05) is 0 Å². The van der Waals surface area contributed by atoms with Crippen LogP contribution >= 0.6 is 11.3 Å². The van der Waals surface area contributed by atoms with E-state index in [1.54, 1.807) is 25.3 Å². The number of nitrogens with one attached hydrogen (secondary N) is 1. The molecule has 192 valence electrons. The molecular weight excluding hydrogens is 507 g/mol. The molecule has 0 saturated heterocycles. The molecule has 1 aromatic carbocycles. The molecular formula is C26H22F3N3O4S. The number of nitrogens with zero attached hydrogens (tertiary/aromatic N) is 2. The van der Waals surface area contributed by atoms with Gasteiger partial charge in [0.2, 0.25) is 5.88 Å². The van der Waals surface area contributed by atoms with E-state index in [1.165, 1.54) is 24.8 Å². The molecule has 0 aliphatic heterocycles. The van der Waals surface area contributed by atoms with E-state index in [9.17, 15) is 27.9 Å². The van der Waals surface area contributed by atoms with E-state index in [-0.39, 0.29) is 10.2 Å². The molecule has 0 unspecified atom stereocenters. The Bertz CT molecular complexity index is 1600. The third-order valence-electron chi connectivity index (χ3n) is 7.53. The number of H-pyrrole nitrogens is 1. The van der Waals surface area contributed by atoms with Gasteiger partial charge in [-0.2, -0.15) is 13.2 Å². The first-order chi connectivity index (χ1) is 17.5. The molecule has 4 aromatic rings. The summed E-state index contributed by atoms with van der Waals surface area (Å²) in [5.41, 5.74) is 1.12. The minimum atomic E-state index is -4.91. The normalized spacial score (nSPS) is 21.4. The highest BCUT2D eigenvalue weighted by Crippen LogP contribution is 2.65. The van der Waals surface area contributed by atoms with Gasteiger partial charge in [0, 0.05) is 22.7 Å². The molecule has 2 bridgehead atoms. The number of halogens is 3. The van der Waals surface area contributed by atoms with Crippen LogP contribution in [-0.2, 0) is 12.0 Å². The lowest BCUT2D eigenvalue weighted by molar-refractivity contribution is -0.207. The summed E-state index contributed by atoms with van der Waals surface area (Å²) in [7, 11) is 0. The smallest absolute Gasteiger partial charge is 0.416 e. The fourth-order valence-corrected chi connectivity index (χ4v) is 6.70. The fraction of sp³-hybridized carbons (Fsp3) is 0.346. The number of ether oxygens (including phenoxy) is 1. The van der Waals surface area contributed by atoms with E-state index >= 15 is 0 Å². The Morgan fingerprint density at radius 3 is 2.46 bits per heavy atom. The number of pyridine rings is 1. The standard InChI is InChI=1S/C26H22F3N3O4S/c1-13-20-22(34)31-24(35)32(12-18(33)26(27,28)29)23(20)37-21(13)15-2-7-19(30-11-15)36-17-5-3-16(4-6-17)25-8-14(9-25)10-25/h2-7,11,14,18,33H,8-10,12H2,1H3,(H,31,34,35)/t14?,18-,25?/m1/s1. The summed E-state index contributed by atoms with van der Waals surface area (Å²) in [4.78, 5) is 31.8. The van der Waals surface area contributed by atoms with Gasteiger partial charge in [-0.05, 0) is 66.8 Å². The minimum Gasteiger partial charge on any atom is -0.439 e. The van der Waals surface area contributed by atoms with E-state index < -0.39 is 30.1 Å². The van der Waals surface area contributed by atoms with Crippen molar-refractivity contribution in [2.45, 2.75) is 50.4 Å². The van der Waals surface area contributed by atoms with E-state index in [0.29, 0.717) is 33.0 Å². The molecule has 1 atom stereocenters. The molecule has 3 aliphatic rings. The quantitative estimate of drug-likeness (QED) is 0.371. The van der Waals surface area contributed by atoms with Gasteiger partial charge >= 0.3 is 11.9 Å². The van der Waals surface area contributed by atoms with E-state index in [2.05, 4.69) is 17.1 Å². The van der Waals surface area contributed by atoms with Gasteiger partial charge < -0.3 is 9.84 Å². The van der Waals surface area contributed by atoms with Gasteiger partial charge in [0.1, 0.15) is 10.6 Å². The number of aryl methyl sites for hydroxylation is 1. The van der Waals surface area contributed by atoms with Crippen molar-refractivity contribution in [3.8, 4) is 22.1 Å². The molecule has 7 nitrogen and oxygen atoms in total. The number of aliphatic hydroxyl groups excluding tert-OH is 1. The molecule has 2 N–H and O–H groups in total. The first kappa shape index (κ1) is 23.9. The van der Waals surface area contributed by atoms with Crippen LogP contribution in [0.1, 0.15) is 30.4 Å². The van der Waals surface area contributed by atoms with Crippen LogP contribution in [0.3, 0.4) is 0 Å². The van der Waals surface area contributed by atoms with Gasteiger partial charge in [0.15, 0.2) is 6.10 Å². The lowest BCUT2D eigenvalue weighted by Crippen LogP contribution is -2.55. The second kappa shape index (κ2) is 8.29. The Kier molecular flexibility index (Phi) is 5.36.